The number of anilines is 2. The summed E-state index contributed by atoms with van der Waals surface area (Å²) in [7, 11) is 3.10. The molecular formula is C22H19ClN6O4. The summed E-state index contributed by atoms with van der Waals surface area (Å²) in [4.78, 5) is 55.0. The van der Waals surface area contributed by atoms with Crippen LogP contribution in [0.1, 0.15) is 10.4 Å². The molecule has 0 atom stereocenters. The normalized spacial score (nSPS) is 10.9. The Hall–Kier alpha value is -4.18. The maximum atomic E-state index is 12.8. The number of hydrogen-bond donors (Lipinski definition) is 2. The third-order valence-electron chi connectivity index (χ3n) is 5.05. The van der Waals surface area contributed by atoms with Crippen LogP contribution in [0.5, 0.6) is 0 Å². The minimum atomic E-state index is -0.671. The fraction of sp³-hybridized carbons (Fsp3) is 0.136. The molecule has 33 heavy (non-hydrogen) atoms. The molecule has 0 saturated carbocycles. The number of carbonyl (C=O) groups excluding carboxylic acids is 2. The highest BCUT2D eigenvalue weighted by Crippen LogP contribution is 2.19. The molecule has 0 saturated heterocycles. The quantitative estimate of drug-likeness (QED) is 0.466. The van der Waals surface area contributed by atoms with Crippen LogP contribution in [0.4, 0.5) is 11.4 Å². The fourth-order valence-electron chi connectivity index (χ4n) is 3.39. The van der Waals surface area contributed by atoms with Gasteiger partial charge in [0.15, 0.2) is 11.2 Å². The molecule has 0 aliphatic carbocycles. The number of hydrogen-bond acceptors (Lipinski definition) is 5. The van der Waals surface area contributed by atoms with Crippen molar-refractivity contribution in [2.24, 2.45) is 14.1 Å². The Labute approximate surface area is 192 Å². The molecule has 0 aliphatic rings. The molecule has 2 heterocycles. The molecule has 2 aromatic heterocycles. The van der Waals surface area contributed by atoms with Crippen LogP contribution < -0.4 is 21.9 Å². The highest BCUT2D eigenvalue weighted by atomic mass is 35.5. The lowest BCUT2D eigenvalue weighted by Gasteiger charge is -2.13. The first kappa shape index (κ1) is 22.0. The predicted molar refractivity (Wildman–Crippen MR) is 125 cm³/mol. The summed E-state index contributed by atoms with van der Waals surface area (Å²) in [5.41, 5.74) is 0.113. The van der Waals surface area contributed by atoms with E-state index in [0.717, 1.165) is 4.57 Å². The highest BCUT2D eigenvalue weighted by Gasteiger charge is 2.18. The van der Waals surface area contributed by atoms with Crippen molar-refractivity contribution >= 4 is 46.0 Å². The van der Waals surface area contributed by atoms with E-state index in [1.807, 2.05) is 0 Å². The third kappa shape index (κ3) is 4.28. The highest BCUT2D eigenvalue weighted by molar-refractivity contribution is 6.30. The third-order valence-corrected chi connectivity index (χ3v) is 5.30. The number of aryl methyl sites for hydroxylation is 2. The largest absolute Gasteiger partial charge is 0.332 e. The predicted octanol–water partition coefficient (Wildman–Crippen LogP) is 1.98. The van der Waals surface area contributed by atoms with Crippen molar-refractivity contribution in [3.8, 4) is 0 Å². The van der Waals surface area contributed by atoms with Gasteiger partial charge in [0.1, 0.15) is 6.54 Å². The zero-order valence-electron chi connectivity index (χ0n) is 17.7. The van der Waals surface area contributed by atoms with Gasteiger partial charge in [-0.25, -0.2) is 14.3 Å². The number of aromatic nitrogens is 4. The molecule has 2 aromatic carbocycles. The number of fused-ring (bicyclic) bond motifs is 1. The maximum Gasteiger partial charge on any atom is 0.332 e. The summed E-state index contributed by atoms with van der Waals surface area (Å²) < 4.78 is 3.52. The van der Waals surface area contributed by atoms with Gasteiger partial charge in [-0.2, -0.15) is 0 Å². The van der Waals surface area contributed by atoms with Crippen molar-refractivity contribution in [3.63, 3.8) is 0 Å². The van der Waals surface area contributed by atoms with Gasteiger partial charge in [-0.1, -0.05) is 23.7 Å². The fourth-order valence-corrected chi connectivity index (χ4v) is 3.52. The van der Waals surface area contributed by atoms with Crippen molar-refractivity contribution < 1.29 is 9.59 Å². The first-order valence-electron chi connectivity index (χ1n) is 9.83. The average molecular weight is 467 g/mol. The number of nitrogens with one attached hydrogen (secondary N) is 2. The Morgan fingerprint density at radius 2 is 1.70 bits per heavy atom. The topological polar surface area (TPSA) is 120 Å². The molecule has 0 unspecified atom stereocenters. The SMILES string of the molecule is Cn1cnc2c1c(=O)n(CC(=O)Nc1ccccc1C(=O)Nc1ccc(Cl)cc1)c(=O)n2C. The van der Waals surface area contributed by atoms with E-state index in [-0.39, 0.29) is 22.4 Å². The van der Waals surface area contributed by atoms with Gasteiger partial charge in [-0.3, -0.25) is 19.0 Å². The molecule has 0 radical (unpaired) electrons. The van der Waals surface area contributed by atoms with E-state index in [9.17, 15) is 19.2 Å². The molecule has 10 nitrogen and oxygen atoms in total. The van der Waals surface area contributed by atoms with E-state index in [1.165, 1.54) is 22.5 Å². The number of imidazole rings is 1. The van der Waals surface area contributed by atoms with Crippen molar-refractivity contribution in [3.05, 3.63) is 86.3 Å². The first-order valence-corrected chi connectivity index (χ1v) is 10.2. The summed E-state index contributed by atoms with van der Waals surface area (Å²) in [6.07, 6.45) is 1.42. The van der Waals surface area contributed by atoms with Crippen LogP contribution in [0.15, 0.2) is 64.4 Å². The molecule has 4 aromatic rings. The van der Waals surface area contributed by atoms with Crippen LogP contribution in [0.2, 0.25) is 5.02 Å². The summed E-state index contributed by atoms with van der Waals surface area (Å²) in [6, 6.07) is 13.0. The van der Waals surface area contributed by atoms with Crippen molar-refractivity contribution in [2.45, 2.75) is 6.54 Å². The second-order valence-electron chi connectivity index (χ2n) is 7.32. The van der Waals surface area contributed by atoms with Crippen LogP contribution in [0, 0.1) is 0 Å². The summed E-state index contributed by atoms with van der Waals surface area (Å²) in [5.74, 6) is -1.08. The molecule has 168 valence electrons. The van der Waals surface area contributed by atoms with Gasteiger partial charge < -0.3 is 15.2 Å². The summed E-state index contributed by atoms with van der Waals surface area (Å²) in [6.45, 7) is -0.528. The Kier molecular flexibility index (Phi) is 5.84. The van der Waals surface area contributed by atoms with Crippen molar-refractivity contribution in [1.29, 1.82) is 0 Å². The van der Waals surface area contributed by atoms with Gasteiger partial charge >= 0.3 is 5.69 Å². The van der Waals surface area contributed by atoms with Gasteiger partial charge in [-0.05, 0) is 36.4 Å². The number of amides is 2. The number of para-hydroxylation sites is 1. The number of nitrogens with zero attached hydrogens (tertiary/aromatic N) is 4. The van der Waals surface area contributed by atoms with E-state index in [2.05, 4.69) is 15.6 Å². The summed E-state index contributed by atoms with van der Waals surface area (Å²) >= 11 is 5.87. The van der Waals surface area contributed by atoms with E-state index in [4.69, 9.17) is 11.6 Å². The second-order valence-corrected chi connectivity index (χ2v) is 7.75. The zero-order chi connectivity index (χ0) is 23.7. The lowest BCUT2D eigenvalue weighted by atomic mass is 10.1. The molecule has 0 bridgehead atoms. The molecular weight excluding hydrogens is 448 g/mol. The Bertz CT molecular complexity index is 1500. The van der Waals surface area contributed by atoms with Crippen LogP contribution in [-0.2, 0) is 25.4 Å². The zero-order valence-corrected chi connectivity index (χ0v) is 18.5. The Balaban J connectivity index is 1.59. The van der Waals surface area contributed by atoms with Crippen LogP contribution in [0.3, 0.4) is 0 Å². The molecule has 2 amide bonds. The minimum absolute atomic E-state index is 0.202. The lowest BCUT2D eigenvalue weighted by molar-refractivity contribution is -0.116. The minimum Gasteiger partial charge on any atom is -0.328 e. The monoisotopic (exact) mass is 466 g/mol. The second kappa shape index (κ2) is 8.75. The number of benzene rings is 2. The molecule has 0 aliphatic heterocycles. The molecule has 0 spiro atoms. The van der Waals surface area contributed by atoms with Crippen molar-refractivity contribution in [2.75, 3.05) is 10.6 Å². The molecule has 4 rings (SSSR count). The van der Waals surface area contributed by atoms with Crippen LogP contribution in [0.25, 0.3) is 11.2 Å². The smallest absolute Gasteiger partial charge is 0.328 e. The standard InChI is InChI=1S/C22H19ClN6O4/c1-27-12-24-19-18(27)21(32)29(22(33)28(19)2)11-17(30)26-16-6-4-3-5-15(16)20(31)25-14-9-7-13(23)8-10-14/h3-10,12H,11H2,1-2H3,(H,25,31)(H,26,30). The van der Waals surface area contributed by atoms with Crippen LogP contribution >= 0.6 is 11.6 Å². The first-order chi connectivity index (χ1) is 15.8. The van der Waals surface area contributed by atoms with Crippen LogP contribution in [-0.4, -0.2) is 30.5 Å². The van der Waals surface area contributed by atoms with Gasteiger partial charge in [0.05, 0.1) is 17.6 Å². The number of carbonyl (C=O) groups is 2. The number of halogens is 1. The van der Waals surface area contributed by atoms with Crippen molar-refractivity contribution in [1.82, 2.24) is 18.7 Å². The van der Waals surface area contributed by atoms with E-state index < -0.39 is 29.6 Å². The van der Waals surface area contributed by atoms with Gasteiger partial charge in [0.25, 0.3) is 11.5 Å². The number of rotatable bonds is 5. The Morgan fingerprint density at radius 3 is 2.42 bits per heavy atom. The van der Waals surface area contributed by atoms with E-state index in [0.29, 0.717) is 10.7 Å². The molecule has 2 N–H and O–H groups in total. The lowest BCUT2D eigenvalue weighted by Crippen LogP contribution is -2.42. The van der Waals surface area contributed by atoms with Gasteiger partial charge in [0.2, 0.25) is 5.91 Å². The van der Waals surface area contributed by atoms with E-state index >= 15 is 0 Å². The molecule has 0 fully saturated rings. The molecule has 11 heteroatoms. The van der Waals surface area contributed by atoms with Gasteiger partial charge in [-0.15, -0.1) is 0 Å². The van der Waals surface area contributed by atoms with Gasteiger partial charge in [0, 0.05) is 24.8 Å². The average Bonchev–Trinajstić information content (AvgIpc) is 3.19. The Morgan fingerprint density at radius 1 is 1.00 bits per heavy atom. The maximum absolute atomic E-state index is 12.8. The van der Waals surface area contributed by atoms with E-state index in [1.54, 1.807) is 55.6 Å². The summed E-state index contributed by atoms with van der Waals surface area (Å²) in [5, 5.41) is 5.88.